The zero-order valence-corrected chi connectivity index (χ0v) is 13.1. The van der Waals surface area contributed by atoms with Crippen molar-refractivity contribution in [2.45, 2.75) is 0 Å². The summed E-state index contributed by atoms with van der Waals surface area (Å²) in [6.07, 6.45) is 2.71. The van der Waals surface area contributed by atoms with E-state index in [9.17, 15) is 4.79 Å². The number of carbonyl (C=O) groups excluding carboxylic acids is 1. The Labute approximate surface area is 133 Å². The molecule has 2 rings (SSSR count). The first-order valence-electron chi connectivity index (χ1n) is 6.77. The summed E-state index contributed by atoms with van der Waals surface area (Å²) in [6.45, 7) is 0.751. The Hall–Kier alpha value is -2.90. The third kappa shape index (κ3) is 4.06. The van der Waals surface area contributed by atoms with Gasteiger partial charge in [0.25, 0.3) is 0 Å². The van der Waals surface area contributed by atoms with Crippen molar-refractivity contribution in [1.29, 1.82) is 0 Å². The number of nitrogens with one attached hydrogen (secondary N) is 1. The van der Waals surface area contributed by atoms with E-state index in [1.165, 1.54) is 33.8 Å². The zero-order chi connectivity index (χ0) is 16.7. The topological polar surface area (TPSA) is 87.6 Å². The Kier molecular flexibility index (Phi) is 5.67. The Bertz CT molecular complexity index is 601. The third-order valence-corrected chi connectivity index (χ3v) is 2.94. The lowest BCUT2D eigenvalue weighted by atomic mass is 10.2. The van der Waals surface area contributed by atoms with Crippen LogP contribution in [0.25, 0.3) is 0 Å². The highest BCUT2D eigenvalue weighted by molar-refractivity contribution is 5.92. The summed E-state index contributed by atoms with van der Waals surface area (Å²) >= 11 is 0. The van der Waals surface area contributed by atoms with Crippen LogP contribution in [0.4, 0.5) is 0 Å². The van der Waals surface area contributed by atoms with Crippen LogP contribution in [0.2, 0.25) is 0 Å². The summed E-state index contributed by atoms with van der Waals surface area (Å²) in [5.74, 6) is 1.05. The normalized spacial score (nSPS) is 13.6. The number of hydrogen-bond donors (Lipinski definition) is 1. The highest BCUT2D eigenvalue weighted by Crippen LogP contribution is 2.37. The molecule has 1 aliphatic rings. The van der Waals surface area contributed by atoms with Gasteiger partial charge in [-0.15, -0.1) is 0 Å². The molecule has 0 atom stereocenters. The summed E-state index contributed by atoms with van der Waals surface area (Å²) in [7, 11) is 4.56. The molecule has 1 N–H and O–H groups in total. The predicted octanol–water partition coefficient (Wildman–Crippen LogP) is 1.05. The Morgan fingerprint density at radius 1 is 1.17 bits per heavy atom. The molecule has 23 heavy (non-hydrogen) atoms. The number of hydrazone groups is 1. The molecule has 0 aromatic heterocycles. The average Bonchev–Trinajstić information content (AvgIpc) is 2.61. The van der Waals surface area contributed by atoms with E-state index in [0.29, 0.717) is 36.0 Å². The maximum Gasteiger partial charge on any atom is 0.309 e. The maximum absolute atomic E-state index is 11.8. The lowest BCUT2D eigenvalue weighted by Gasteiger charge is -2.13. The van der Waals surface area contributed by atoms with Crippen molar-refractivity contribution in [3.05, 3.63) is 29.7 Å². The van der Waals surface area contributed by atoms with Gasteiger partial charge in [-0.2, -0.15) is 5.10 Å². The number of amides is 1. The summed E-state index contributed by atoms with van der Waals surface area (Å²) < 4.78 is 25.9. The molecule has 1 amide bonds. The van der Waals surface area contributed by atoms with Crippen molar-refractivity contribution < 1.29 is 28.5 Å². The fourth-order valence-corrected chi connectivity index (χ4v) is 1.88. The molecular weight excluding hydrogens is 304 g/mol. The fraction of sp³-hybridized carbons (Fsp3) is 0.333. The molecule has 0 spiro atoms. The summed E-state index contributed by atoms with van der Waals surface area (Å²) in [4.78, 5) is 11.8. The van der Waals surface area contributed by atoms with Crippen LogP contribution in [0.1, 0.15) is 5.56 Å². The molecule has 0 saturated carbocycles. The van der Waals surface area contributed by atoms with Crippen LogP contribution in [0.15, 0.2) is 29.3 Å². The van der Waals surface area contributed by atoms with Gasteiger partial charge in [-0.05, 0) is 12.1 Å². The van der Waals surface area contributed by atoms with E-state index in [1.807, 2.05) is 0 Å². The van der Waals surface area contributed by atoms with Gasteiger partial charge < -0.3 is 23.7 Å². The first-order chi connectivity index (χ1) is 11.2. The van der Waals surface area contributed by atoms with Crippen molar-refractivity contribution in [2.75, 3.05) is 34.5 Å². The average molecular weight is 322 g/mol. The Morgan fingerprint density at radius 3 is 2.39 bits per heavy atom. The summed E-state index contributed by atoms with van der Waals surface area (Å²) in [5.41, 5.74) is 3.01. The first kappa shape index (κ1) is 16.5. The van der Waals surface area contributed by atoms with Gasteiger partial charge in [-0.3, -0.25) is 4.79 Å². The van der Waals surface area contributed by atoms with E-state index >= 15 is 0 Å². The van der Waals surface area contributed by atoms with E-state index in [2.05, 4.69) is 10.5 Å². The fourth-order valence-electron chi connectivity index (χ4n) is 1.88. The molecule has 124 valence electrons. The SMILES string of the molecule is COc1cc(/C=N/NC(=O)C2=COCCO2)cc(OC)c1OC. The molecule has 0 aliphatic carbocycles. The smallest absolute Gasteiger partial charge is 0.309 e. The van der Waals surface area contributed by atoms with Crippen molar-refractivity contribution in [3.63, 3.8) is 0 Å². The van der Waals surface area contributed by atoms with Crippen LogP contribution < -0.4 is 19.6 Å². The standard InChI is InChI=1S/C15H18N2O6/c1-19-11-6-10(7-12(20-2)14(11)21-3)8-16-17-15(18)13-9-22-4-5-23-13/h6-9H,4-5H2,1-3H3,(H,17,18)/b16-8+. The molecule has 1 heterocycles. The maximum atomic E-state index is 11.8. The molecule has 0 unspecified atom stereocenters. The highest BCUT2D eigenvalue weighted by atomic mass is 16.6. The Morgan fingerprint density at radius 2 is 1.87 bits per heavy atom. The number of rotatable bonds is 6. The van der Waals surface area contributed by atoms with Gasteiger partial charge in [0.05, 0.1) is 27.5 Å². The predicted molar refractivity (Wildman–Crippen MR) is 81.8 cm³/mol. The van der Waals surface area contributed by atoms with Gasteiger partial charge in [0, 0.05) is 5.56 Å². The molecule has 0 fully saturated rings. The van der Waals surface area contributed by atoms with E-state index in [0.717, 1.165) is 0 Å². The van der Waals surface area contributed by atoms with Gasteiger partial charge >= 0.3 is 5.91 Å². The zero-order valence-electron chi connectivity index (χ0n) is 13.1. The Balaban J connectivity index is 2.10. The molecule has 0 saturated heterocycles. The molecule has 0 bridgehead atoms. The largest absolute Gasteiger partial charge is 0.494 e. The molecule has 1 aromatic rings. The number of benzene rings is 1. The quantitative estimate of drug-likeness (QED) is 0.622. The van der Waals surface area contributed by atoms with Crippen LogP contribution in [0, 0.1) is 0 Å². The van der Waals surface area contributed by atoms with Crippen molar-refractivity contribution in [2.24, 2.45) is 5.10 Å². The van der Waals surface area contributed by atoms with Crippen LogP contribution in [-0.4, -0.2) is 46.7 Å². The molecular formula is C15H18N2O6. The number of ether oxygens (including phenoxy) is 5. The molecule has 0 radical (unpaired) electrons. The minimum absolute atomic E-state index is 0.0818. The number of carbonyl (C=O) groups is 1. The van der Waals surface area contributed by atoms with Crippen molar-refractivity contribution in [3.8, 4) is 17.2 Å². The number of methoxy groups -OCH3 is 3. The van der Waals surface area contributed by atoms with Gasteiger partial charge in [0.1, 0.15) is 19.5 Å². The van der Waals surface area contributed by atoms with E-state index in [1.54, 1.807) is 12.1 Å². The molecule has 1 aromatic carbocycles. The number of nitrogens with zero attached hydrogens (tertiary/aromatic N) is 1. The van der Waals surface area contributed by atoms with Crippen LogP contribution in [-0.2, 0) is 14.3 Å². The first-order valence-corrected chi connectivity index (χ1v) is 6.77. The van der Waals surface area contributed by atoms with Crippen LogP contribution in [0.3, 0.4) is 0 Å². The van der Waals surface area contributed by atoms with E-state index < -0.39 is 5.91 Å². The van der Waals surface area contributed by atoms with Gasteiger partial charge in [-0.1, -0.05) is 0 Å². The van der Waals surface area contributed by atoms with Crippen LogP contribution >= 0.6 is 0 Å². The van der Waals surface area contributed by atoms with Crippen molar-refractivity contribution >= 4 is 12.1 Å². The second kappa shape index (κ2) is 7.92. The third-order valence-electron chi connectivity index (χ3n) is 2.94. The lowest BCUT2D eigenvalue weighted by molar-refractivity contribution is -0.122. The summed E-state index contributed by atoms with van der Waals surface area (Å²) in [5, 5.41) is 3.87. The monoisotopic (exact) mass is 322 g/mol. The molecule has 1 aliphatic heterocycles. The van der Waals surface area contributed by atoms with Gasteiger partial charge in [0.15, 0.2) is 11.5 Å². The van der Waals surface area contributed by atoms with Crippen molar-refractivity contribution in [1.82, 2.24) is 5.43 Å². The van der Waals surface area contributed by atoms with Crippen LogP contribution in [0.5, 0.6) is 17.2 Å². The second-order valence-corrected chi connectivity index (χ2v) is 4.36. The number of hydrogen-bond acceptors (Lipinski definition) is 7. The van der Waals surface area contributed by atoms with E-state index in [4.69, 9.17) is 23.7 Å². The molecule has 8 nitrogen and oxygen atoms in total. The minimum atomic E-state index is -0.492. The lowest BCUT2D eigenvalue weighted by Crippen LogP contribution is -2.24. The van der Waals surface area contributed by atoms with Gasteiger partial charge in [-0.25, -0.2) is 5.43 Å². The minimum Gasteiger partial charge on any atom is -0.494 e. The van der Waals surface area contributed by atoms with Gasteiger partial charge in [0.2, 0.25) is 11.5 Å². The highest BCUT2D eigenvalue weighted by Gasteiger charge is 2.14. The van der Waals surface area contributed by atoms with E-state index in [-0.39, 0.29) is 5.76 Å². The summed E-state index contributed by atoms with van der Waals surface area (Å²) in [6, 6.07) is 3.41. The molecule has 8 heteroatoms. The second-order valence-electron chi connectivity index (χ2n) is 4.36.